The van der Waals surface area contributed by atoms with E-state index in [9.17, 15) is 9.59 Å². The van der Waals surface area contributed by atoms with Gasteiger partial charge in [0.2, 0.25) is 5.91 Å². The number of carbonyl (C=O) groups is 2. The molecule has 1 fully saturated rings. The number of hydrogen-bond donors (Lipinski definition) is 1. The third-order valence-corrected chi connectivity index (χ3v) is 4.65. The molecule has 0 radical (unpaired) electrons. The maximum Gasteiger partial charge on any atom is 0.309 e. The predicted octanol–water partition coefficient (Wildman–Crippen LogP) is 0.711. The van der Waals surface area contributed by atoms with Crippen LogP contribution in [0.3, 0.4) is 0 Å². The molecule has 1 unspecified atom stereocenters. The molecule has 1 aromatic rings. The highest BCUT2D eigenvalue weighted by molar-refractivity contribution is 5.80. The topological polar surface area (TPSA) is 88.2 Å². The van der Waals surface area contributed by atoms with Crippen LogP contribution in [0.4, 0.5) is 0 Å². The summed E-state index contributed by atoms with van der Waals surface area (Å²) >= 11 is 0. The van der Waals surface area contributed by atoms with Gasteiger partial charge in [-0.3, -0.25) is 9.59 Å². The zero-order valence-electron chi connectivity index (χ0n) is 12.9. The molecule has 1 amide bonds. The second kappa shape index (κ2) is 6.46. The van der Waals surface area contributed by atoms with Crippen LogP contribution in [0.25, 0.3) is 0 Å². The van der Waals surface area contributed by atoms with Crippen molar-refractivity contribution in [2.45, 2.75) is 39.0 Å². The smallest absolute Gasteiger partial charge is 0.309 e. The van der Waals surface area contributed by atoms with Gasteiger partial charge in [-0.2, -0.15) is 15.4 Å². The van der Waals surface area contributed by atoms with E-state index in [-0.39, 0.29) is 23.7 Å². The molecule has 1 aromatic heterocycles. The van der Waals surface area contributed by atoms with Gasteiger partial charge < -0.3 is 9.64 Å². The van der Waals surface area contributed by atoms with E-state index in [2.05, 4.69) is 15.4 Å². The Morgan fingerprint density at radius 1 is 1.18 bits per heavy atom. The van der Waals surface area contributed by atoms with Crippen LogP contribution >= 0.6 is 0 Å². The van der Waals surface area contributed by atoms with Gasteiger partial charge in [0.05, 0.1) is 23.9 Å². The molecule has 2 aliphatic rings. The number of ether oxygens (including phenoxy) is 1. The van der Waals surface area contributed by atoms with Gasteiger partial charge >= 0.3 is 5.97 Å². The molecule has 0 saturated carbocycles. The first-order valence-electron chi connectivity index (χ1n) is 8.03. The van der Waals surface area contributed by atoms with E-state index in [4.69, 9.17) is 4.74 Å². The van der Waals surface area contributed by atoms with Gasteiger partial charge in [0.15, 0.2) is 0 Å². The number of rotatable bonds is 3. The number of nitrogens with one attached hydrogen (secondary N) is 1. The molecule has 1 saturated heterocycles. The number of H-pyrrole nitrogens is 1. The Hall–Kier alpha value is -1.92. The van der Waals surface area contributed by atoms with Crippen LogP contribution in [0.2, 0.25) is 0 Å². The van der Waals surface area contributed by atoms with Crippen molar-refractivity contribution >= 4 is 11.9 Å². The first-order valence-corrected chi connectivity index (χ1v) is 8.03. The highest BCUT2D eigenvalue weighted by Crippen LogP contribution is 2.26. The molecule has 7 nitrogen and oxygen atoms in total. The Bertz CT molecular complexity index is 549. The van der Waals surface area contributed by atoms with Crippen molar-refractivity contribution in [2.75, 3.05) is 19.7 Å². The lowest BCUT2D eigenvalue weighted by molar-refractivity contribution is -0.151. The minimum absolute atomic E-state index is 0.00302. The van der Waals surface area contributed by atoms with Gasteiger partial charge in [0.1, 0.15) is 0 Å². The number of likely N-dealkylation sites (tertiary alicyclic amines) is 1. The molecule has 7 heteroatoms. The number of aryl methyl sites for hydroxylation is 1. The quantitative estimate of drug-likeness (QED) is 0.831. The lowest BCUT2D eigenvalue weighted by atomic mass is 9.87. The van der Waals surface area contributed by atoms with Gasteiger partial charge in [-0.25, -0.2) is 0 Å². The molecule has 0 bridgehead atoms. The van der Waals surface area contributed by atoms with Crippen LogP contribution in [0, 0.1) is 11.8 Å². The SMILES string of the molecule is CCOC(=O)C1CCN(C(=O)C2CCc3n[nH]nc3C2)CC1. The first-order chi connectivity index (χ1) is 10.7. The Labute approximate surface area is 129 Å². The van der Waals surface area contributed by atoms with Crippen molar-refractivity contribution < 1.29 is 14.3 Å². The molecule has 1 N–H and O–H groups in total. The van der Waals surface area contributed by atoms with Crippen LogP contribution in [0.1, 0.15) is 37.6 Å². The third-order valence-electron chi connectivity index (χ3n) is 4.65. The molecule has 0 spiro atoms. The summed E-state index contributed by atoms with van der Waals surface area (Å²) in [5.41, 5.74) is 1.91. The number of hydrogen-bond acceptors (Lipinski definition) is 5. The fourth-order valence-electron chi connectivity index (χ4n) is 3.35. The zero-order valence-corrected chi connectivity index (χ0v) is 12.9. The minimum atomic E-state index is -0.125. The average Bonchev–Trinajstić information content (AvgIpc) is 3.02. The van der Waals surface area contributed by atoms with Crippen molar-refractivity contribution in [1.29, 1.82) is 0 Å². The Kier molecular flexibility index (Phi) is 4.40. The summed E-state index contributed by atoms with van der Waals surface area (Å²) in [6, 6.07) is 0. The Balaban J connectivity index is 1.53. The number of esters is 1. The number of piperidine rings is 1. The van der Waals surface area contributed by atoms with Gasteiger partial charge in [0, 0.05) is 25.4 Å². The molecule has 1 aliphatic heterocycles. The van der Waals surface area contributed by atoms with Gasteiger partial charge in [-0.05, 0) is 32.6 Å². The van der Waals surface area contributed by atoms with E-state index in [0.29, 0.717) is 39.0 Å². The summed E-state index contributed by atoms with van der Waals surface area (Å²) < 4.78 is 5.06. The molecule has 2 heterocycles. The number of carbonyl (C=O) groups excluding carboxylic acids is 2. The molecule has 1 aliphatic carbocycles. The Morgan fingerprint density at radius 3 is 2.64 bits per heavy atom. The zero-order chi connectivity index (χ0) is 15.5. The predicted molar refractivity (Wildman–Crippen MR) is 77.8 cm³/mol. The van der Waals surface area contributed by atoms with Gasteiger partial charge in [-0.1, -0.05) is 0 Å². The number of nitrogens with zero attached hydrogens (tertiary/aromatic N) is 3. The number of amides is 1. The van der Waals surface area contributed by atoms with E-state index in [1.54, 1.807) is 0 Å². The molecule has 1 atom stereocenters. The fourth-order valence-corrected chi connectivity index (χ4v) is 3.35. The summed E-state index contributed by atoms with van der Waals surface area (Å²) in [7, 11) is 0. The third kappa shape index (κ3) is 2.98. The van der Waals surface area contributed by atoms with E-state index >= 15 is 0 Å². The summed E-state index contributed by atoms with van der Waals surface area (Å²) in [4.78, 5) is 26.3. The molecule has 120 valence electrons. The number of aromatic nitrogens is 3. The minimum Gasteiger partial charge on any atom is -0.466 e. The van der Waals surface area contributed by atoms with Crippen molar-refractivity contribution in [3.63, 3.8) is 0 Å². The average molecular weight is 306 g/mol. The summed E-state index contributed by atoms with van der Waals surface area (Å²) in [6.45, 7) is 3.52. The second-order valence-corrected chi connectivity index (χ2v) is 6.01. The summed E-state index contributed by atoms with van der Waals surface area (Å²) in [6.07, 6.45) is 3.71. The highest BCUT2D eigenvalue weighted by atomic mass is 16.5. The molecular weight excluding hydrogens is 284 g/mol. The first kappa shape index (κ1) is 15.0. The molecule has 3 rings (SSSR count). The van der Waals surface area contributed by atoms with E-state index < -0.39 is 0 Å². The number of fused-ring (bicyclic) bond motifs is 1. The van der Waals surface area contributed by atoms with Crippen molar-refractivity contribution in [3.8, 4) is 0 Å². The van der Waals surface area contributed by atoms with E-state index in [1.165, 1.54) is 0 Å². The maximum atomic E-state index is 12.6. The highest BCUT2D eigenvalue weighted by Gasteiger charge is 2.33. The molecule has 0 aromatic carbocycles. The normalized spacial score (nSPS) is 22.2. The van der Waals surface area contributed by atoms with Crippen molar-refractivity contribution in [3.05, 3.63) is 11.4 Å². The fraction of sp³-hybridized carbons (Fsp3) is 0.733. The van der Waals surface area contributed by atoms with Gasteiger partial charge in [-0.15, -0.1) is 0 Å². The van der Waals surface area contributed by atoms with Crippen molar-refractivity contribution in [1.82, 2.24) is 20.3 Å². The Morgan fingerprint density at radius 2 is 1.91 bits per heavy atom. The second-order valence-electron chi connectivity index (χ2n) is 6.01. The van der Waals surface area contributed by atoms with Crippen LogP contribution in [0.15, 0.2) is 0 Å². The van der Waals surface area contributed by atoms with E-state index in [0.717, 1.165) is 24.2 Å². The van der Waals surface area contributed by atoms with Gasteiger partial charge in [0.25, 0.3) is 0 Å². The molecule has 22 heavy (non-hydrogen) atoms. The maximum absolute atomic E-state index is 12.6. The van der Waals surface area contributed by atoms with E-state index in [1.807, 2.05) is 11.8 Å². The summed E-state index contributed by atoms with van der Waals surface area (Å²) in [5.74, 6) is 0.00436. The van der Waals surface area contributed by atoms with Crippen LogP contribution < -0.4 is 0 Å². The van der Waals surface area contributed by atoms with Crippen LogP contribution in [-0.4, -0.2) is 51.9 Å². The lowest BCUT2D eigenvalue weighted by Crippen LogP contribution is -2.44. The number of aromatic amines is 1. The lowest BCUT2D eigenvalue weighted by Gasteiger charge is -2.34. The molecular formula is C15H22N4O3. The largest absolute Gasteiger partial charge is 0.466 e. The van der Waals surface area contributed by atoms with Crippen molar-refractivity contribution in [2.24, 2.45) is 11.8 Å². The van der Waals surface area contributed by atoms with Crippen LogP contribution in [-0.2, 0) is 27.2 Å². The standard InChI is InChI=1S/C15H22N4O3/c1-2-22-15(21)10-5-7-19(8-6-10)14(20)11-3-4-12-13(9-11)17-18-16-12/h10-11H,2-9H2,1H3,(H,16,17,18). The summed E-state index contributed by atoms with van der Waals surface area (Å²) in [5, 5.41) is 10.9. The monoisotopic (exact) mass is 306 g/mol. The van der Waals surface area contributed by atoms with Crippen LogP contribution in [0.5, 0.6) is 0 Å².